The molecule has 3 rings (SSSR count). The summed E-state index contributed by atoms with van der Waals surface area (Å²) in [6.07, 6.45) is 6.76. The normalized spacial score (nSPS) is 41.7. The number of rotatable bonds is 3. The fraction of sp³-hybridized carbons (Fsp3) is 0.923. The number of carbonyl (C=O) groups excluding carboxylic acids is 1. The van der Waals surface area contributed by atoms with Crippen molar-refractivity contribution in [2.75, 3.05) is 6.54 Å². The molecule has 2 saturated carbocycles. The van der Waals surface area contributed by atoms with E-state index in [-0.39, 0.29) is 30.5 Å². The number of amides is 1. The lowest BCUT2D eigenvalue weighted by Gasteiger charge is -2.24. The van der Waals surface area contributed by atoms with Crippen LogP contribution in [-0.4, -0.2) is 30.7 Å². The molecule has 2 bridgehead atoms. The second-order valence-electron chi connectivity index (χ2n) is 5.85. The highest BCUT2D eigenvalue weighted by Crippen LogP contribution is 2.44. The molecule has 3 unspecified atom stereocenters. The van der Waals surface area contributed by atoms with Gasteiger partial charge in [0.1, 0.15) is 6.10 Å². The summed E-state index contributed by atoms with van der Waals surface area (Å²) in [5.74, 6) is 1.70. The molecule has 2 aliphatic carbocycles. The fourth-order valence-corrected chi connectivity index (χ4v) is 3.77. The highest BCUT2D eigenvalue weighted by Gasteiger charge is 2.41. The minimum Gasteiger partial charge on any atom is -0.364 e. The molecule has 3 N–H and O–H groups in total. The van der Waals surface area contributed by atoms with E-state index in [0.717, 1.165) is 24.7 Å². The highest BCUT2D eigenvalue weighted by molar-refractivity contribution is 5.85. The first-order chi connectivity index (χ1) is 8.26. The average Bonchev–Trinajstić information content (AvgIpc) is 3.04. The van der Waals surface area contributed by atoms with Gasteiger partial charge in [-0.3, -0.25) is 4.79 Å². The van der Waals surface area contributed by atoms with Crippen molar-refractivity contribution in [2.24, 2.45) is 17.6 Å². The van der Waals surface area contributed by atoms with Crippen LogP contribution < -0.4 is 11.1 Å². The molecule has 3 fully saturated rings. The van der Waals surface area contributed by atoms with Gasteiger partial charge in [-0.2, -0.15) is 0 Å². The van der Waals surface area contributed by atoms with Crippen LogP contribution in [0.2, 0.25) is 0 Å². The van der Waals surface area contributed by atoms with Gasteiger partial charge < -0.3 is 15.8 Å². The molecule has 0 radical (unpaired) electrons. The Balaban J connectivity index is 0.00000120. The van der Waals surface area contributed by atoms with Gasteiger partial charge in [-0.15, -0.1) is 12.4 Å². The molecule has 0 aromatic carbocycles. The number of nitrogens with one attached hydrogen (secondary N) is 1. The first-order valence-corrected chi connectivity index (χ1v) is 6.92. The van der Waals surface area contributed by atoms with Gasteiger partial charge in [0.25, 0.3) is 0 Å². The Hall–Kier alpha value is -0.320. The third-order valence-electron chi connectivity index (χ3n) is 4.73. The van der Waals surface area contributed by atoms with Gasteiger partial charge in [-0.05, 0) is 43.9 Å². The molecular formula is C13H23ClN2O2. The zero-order chi connectivity index (χ0) is 11.8. The first-order valence-electron chi connectivity index (χ1n) is 6.92. The van der Waals surface area contributed by atoms with E-state index >= 15 is 0 Å². The molecule has 3 aliphatic rings. The van der Waals surface area contributed by atoms with Gasteiger partial charge in [0.05, 0.1) is 6.10 Å². The SMILES string of the molecule is Cl.NC[C@H]1CC[C@@H](C(=O)NC2CC3CCC2C3)O1. The van der Waals surface area contributed by atoms with Crippen LogP contribution in [0.3, 0.4) is 0 Å². The monoisotopic (exact) mass is 274 g/mol. The molecule has 5 atom stereocenters. The van der Waals surface area contributed by atoms with Gasteiger partial charge in [-0.25, -0.2) is 0 Å². The molecule has 18 heavy (non-hydrogen) atoms. The highest BCUT2D eigenvalue weighted by atomic mass is 35.5. The van der Waals surface area contributed by atoms with Gasteiger partial charge in [-0.1, -0.05) is 6.42 Å². The van der Waals surface area contributed by atoms with Gasteiger partial charge in [0, 0.05) is 12.6 Å². The minimum atomic E-state index is -0.248. The number of fused-ring (bicyclic) bond motifs is 2. The van der Waals surface area contributed by atoms with Crippen molar-refractivity contribution in [1.29, 1.82) is 0 Å². The lowest BCUT2D eigenvalue weighted by molar-refractivity contribution is -0.132. The van der Waals surface area contributed by atoms with E-state index in [9.17, 15) is 4.79 Å². The summed E-state index contributed by atoms with van der Waals surface area (Å²) in [5.41, 5.74) is 5.55. The Morgan fingerprint density at radius 3 is 2.61 bits per heavy atom. The zero-order valence-corrected chi connectivity index (χ0v) is 11.5. The van der Waals surface area contributed by atoms with Gasteiger partial charge in [0.15, 0.2) is 0 Å². The zero-order valence-electron chi connectivity index (χ0n) is 10.6. The maximum absolute atomic E-state index is 12.1. The molecular weight excluding hydrogens is 252 g/mol. The van der Waals surface area contributed by atoms with Crippen molar-refractivity contribution in [3.63, 3.8) is 0 Å². The lowest BCUT2D eigenvalue weighted by atomic mass is 9.95. The van der Waals surface area contributed by atoms with E-state index in [1.807, 2.05) is 0 Å². The summed E-state index contributed by atoms with van der Waals surface area (Å²) in [7, 11) is 0. The third-order valence-corrected chi connectivity index (χ3v) is 4.73. The van der Waals surface area contributed by atoms with Crippen LogP contribution in [0.15, 0.2) is 0 Å². The molecule has 1 heterocycles. The number of halogens is 1. The van der Waals surface area contributed by atoms with Crippen molar-refractivity contribution in [3.8, 4) is 0 Å². The second kappa shape index (κ2) is 5.76. The summed E-state index contributed by atoms with van der Waals surface area (Å²) in [6.45, 7) is 0.526. The summed E-state index contributed by atoms with van der Waals surface area (Å²) in [5, 5.41) is 3.19. The van der Waals surface area contributed by atoms with Crippen molar-refractivity contribution in [3.05, 3.63) is 0 Å². The summed E-state index contributed by atoms with van der Waals surface area (Å²) in [4.78, 5) is 12.1. The molecule has 1 saturated heterocycles. The molecule has 1 amide bonds. The molecule has 104 valence electrons. The maximum atomic E-state index is 12.1. The third kappa shape index (κ3) is 2.65. The number of hydrogen-bond acceptors (Lipinski definition) is 3. The van der Waals surface area contributed by atoms with Crippen LogP contribution in [0.25, 0.3) is 0 Å². The van der Waals surface area contributed by atoms with Crippen LogP contribution in [0.4, 0.5) is 0 Å². The maximum Gasteiger partial charge on any atom is 0.249 e. The van der Waals surface area contributed by atoms with E-state index in [2.05, 4.69) is 5.32 Å². The lowest BCUT2D eigenvalue weighted by Crippen LogP contribution is -2.44. The predicted molar refractivity (Wildman–Crippen MR) is 71.6 cm³/mol. The quantitative estimate of drug-likeness (QED) is 0.813. The summed E-state index contributed by atoms with van der Waals surface area (Å²) < 4.78 is 5.63. The van der Waals surface area contributed by atoms with Crippen LogP contribution in [-0.2, 0) is 9.53 Å². The number of ether oxygens (including phenoxy) is 1. The van der Waals surface area contributed by atoms with Crippen molar-refractivity contribution < 1.29 is 9.53 Å². The second-order valence-corrected chi connectivity index (χ2v) is 5.85. The largest absolute Gasteiger partial charge is 0.364 e. The van der Waals surface area contributed by atoms with E-state index in [0.29, 0.717) is 12.6 Å². The van der Waals surface area contributed by atoms with Crippen LogP contribution >= 0.6 is 12.4 Å². The van der Waals surface area contributed by atoms with Gasteiger partial charge in [0.2, 0.25) is 5.91 Å². The Kier molecular flexibility index (Phi) is 4.51. The molecule has 5 heteroatoms. The molecule has 0 spiro atoms. The smallest absolute Gasteiger partial charge is 0.249 e. The van der Waals surface area contributed by atoms with E-state index in [4.69, 9.17) is 10.5 Å². The van der Waals surface area contributed by atoms with E-state index in [1.54, 1.807) is 0 Å². The average molecular weight is 275 g/mol. The molecule has 0 aromatic rings. The number of carbonyl (C=O) groups is 1. The van der Waals surface area contributed by atoms with E-state index < -0.39 is 0 Å². The standard InChI is InChI=1S/C13H22N2O2.ClH/c14-7-10-3-4-12(17-10)13(16)15-11-6-8-1-2-9(11)5-8;/h8-12H,1-7,14H2,(H,15,16);1H/t8?,9?,10-,11?,12+;/m1./s1. The fourth-order valence-electron chi connectivity index (χ4n) is 3.77. The van der Waals surface area contributed by atoms with Crippen LogP contribution in [0.5, 0.6) is 0 Å². The summed E-state index contributed by atoms with van der Waals surface area (Å²) in [6, 6.07) is 0.418. The summed E-state index contributed by atoms with van der Waals surface area (Å²) >= 11 is 0. The van der Waals surface area contributed by atoms with Crippen molar-refractivity contribution >= 4 is 18.3 Å². The molecule has 1 aliphatic heterocycles. The van der Waals surface area contributed by atoms with Crippen molar-refractivity contribution in [1.82, 2.24) is 5.32 Å². The Morgan fingerprint density at radius 2 is 2.06 bits per heavy atom. The Morgan fingerprint density at radius 1 is 1.22 bits per heavy atom. The molecule has 0 aromatic heterocycles. The van der Waals surface area contributed by atoms with Crippen molar-refractivity contribution in [2.45, 2.75) is 56.8 Å². The van der Waals surface area contributed by atoms with Gasteiger partial charge >= 0.3 is 0 Å². The Labute approximate surface area is 114 Å². The molecule has 4 nitrogen and oxygen atoms in total. The number of hydrogen-bond donors (Lipinski definition) is 2. The minimum absolute atomic E-state index is 0. The predicted octanol–water partition coefficient (Wildman–Crippen LogP) is 1.22. The van der Waals surface area contributed by atoms with Crippen LogP contribution in [0, 0.1) is 11.8 Å². The number of nitrogens with two attached hydrogens (primary N) is 1. The topological polar surface area (TPSA) is 64.4 Å². The van der Waals surface area contributed by atoms with E-state index in [1.165, 1.54) is 25.7 Å². The van der Waals surface area contributed by atoms with Crippen LogP contribution in [0.1, 0.15) is 38.5 Å². The first kappa shape index (κ1) is 14.1. The Bertz CT molecular complexity index is 313.